The van der Waals surface area contributed by atoms with Crippen LogP contribution in [0.4, 0.5) is 0 Å². The summed E-state index contributed by atoms with van der Waals surface area (Å²) in [4.78, 5) is 16.6. The Balaban J connectivity index is 1.77. The number of carbonyl (C=O) groups excluding carboxylic acids is 1. The zero-order chi connectivity index (χ0) is 22.7. The molecule has 0 N–H and O–H groups in total. The van der Waals surface area contributed by atoms with E-state index in [0.29, 0.717) is 36.3 Å². The van der Waals surface area contributed by atoms with Crippen LogP contribution in [0.2, 0.25) is 0 Å². The van der Waals surface area contributed by atoms with Gasteiger partial charge in [-0.1, -0.05) is 30.3 Å². The number of ether oxygens (including phenoxy) is 1. The standard InChI is InChI=1S/C25H28N2O4S/c1-18(2)32(29,30)16-22-20-9-6-10-23(28)21(20)11-12-24(22)31-25(15-27-14-13-26-17-27)19-7-4-3-5-8-19/h3-5,7-8,11-14,17-18,25H,6,9-10,15-16H2,1-2H3. The molecule has 0 amide bonds. The summed E-state index contributed by atoms with van der Waals surface area (Å²) in [5.74, 6) is 0.457. The van der Waals surface area contributed by atoms with Gasteiger partial charge in [-0.25, -0.2) is 13.4 Å². The minimum atomic E-state index is -3.38. The molecule has 168 valence electrons. The van der Waals surface area contributed by atoms with E-state index >= 15 is 0 Å². The summed E-state index contributed by atoms with van der Waals surface area (Å²) in [6, 6.07) is 13.4. The molecule has 1 atom stereocenters. The number of ketones is 1. The molecule has 0 saturated heterocycles. The summed E-state index contributed by atoms with van der Waals surface area (Å²) in [6.07, 6.45) is 6.87. The van der Waals surface area contributed by atoms with Crippen molar-refractivity contribution in [3.05, 3.63) is 83.4 Å². The second-order valence-electron chi connectivity index (χ2n) is 8.48. The van der Waals surface area contributed by atoms with Gasteiger partial charge in [0.2, 0.25) is 0 Å². The van der Waals surface area contributed by atoms with Crippen molar-refractivity contribution < 1.29 is 17.9 Å². The van der Waals surface area contributed by atoms with Gasteiger partial charge in [-0.15, -0.1) is 0 Å². The topological polar surface area (TPSA) is 78.3 Å². The summed E-state index contributed by atoms with van der Waals surface area (Å²) < 4.78 is 34.2. The van der Waals surface area contributed by atoms with Crippen LogP contribution in [0.5, 0.6) is 5.75 Å². The molecule has 2 aromatic carbocycles. The first-order valence-corrected chi connectivity index (χ1v) is 12.6. The number of fused-ring (bicyclic) bond motifs is 1. The van der Waals surface area contributed by atoms with Crippen molar-refractivity contribution in [3.63, 3.8) is 0 Å². The summed E-state index contributed by atoms with van der Waals surface area (Å²) in [5.41, 5.74) is 3.05. The van der Waals surface area contributed by atoms with Crippen molar-refractivity contribution in [1.82, 2.24) is 9.55 Å². The summed E-state index contributed by atoms with van der Waals surface area (Å²) in [7, 11) is -3.38. The predicted octanol–water partition coefficient (Wildman–Crippen LogP) is 4.55. The van der Waals surface area contributed by atoms with Gasteiger partial charge >= 0.3 is 0 Å². The molecule has 6 nitrogen and oxygen atoms in total. The van der Waals surface area contributed by atoms with E-state index in [4.69, 9.17) is 4.74 Å². The number of imidazole rings is 1. The zero-order valence-corrected chi connectivity index (χ0v) is 19.2. The number of aromatic nitrogens is 2. The third-order valence-corrected chi connectivity index (χ3v) is 8.09. The quantitative estimate of drug-likeness (QED) is 0.501. The Hall–Kier alpha value is -2.93. The Morgan fingerprint density at radius 2 is 1.88 bits per heavy atom. The van der Waals surface area contributed by atoms with Crippen molar-refractivity contribution in [2.45, 2.75) is 56.8 Å². The zero-order valence-electron chi connectivity index (χ0n) is 18.4. The Morgan fingerprint density at radius 1 is 1.09 bits per heavy atom. The molecule has 1 aliphatic carbocycles. The smallest absolute Gasteiger partial charge is 0.163 e. The number of benzene rings is 2. The number of hydrogen-bond acceptors (Lipinski definition) is 5. The van der Waals surface area contributed by atoms with Crippen LogP contribution in [0.15, 0.2) is 61.2 Å². The third-order valence-electron chi connectivity index (χ3n) is 5.96. The lowest BCUT2D eigenvalue weighted by Crippen LogP contribution is -2.22. The van der Waals surface area contributed by atoms with Crippen LogP contribution >= 0.6 is 0 Å². The van der Waals surface area contributed by atoms with Crippen molar-refractivity contribution >= 4 is 15.6 Å². The molecule has 1 unspecified atom stereocenters. The van der Waals surface area contributed by atoms with Crippen molar-refractivity contribution in [2.24, 2.45) is 0 Å². The van der Waals surface area contributed by atoms with Crippen LogP contribution < -0.4 is 4.74 Å². The maximum absolute atomic E-state index is 12.9. The van der Waals surface area contributed by atoms with Crippen LogP contribution in [0, 0.1) is 0 Å². The number of hydrogen-bond donors (Lipinski definition) is 0. The molecule has 1 aromatic heterocycles. The van der Waals surface area contributed by atoms with E-state index in [1.165, 1.54) is 0 Å². The maximum Gasteiger partial charge on any atom is 0.163 e. The van der Waals surface area contributed by atoms with E-state index in [1.54, 1.807) is 38.5 Å². The van der Waals surface area contributed by atoms with Gasteiger partial charge in [-0.3, -0.25) is 4.79 Å². The highest BCUT2D eigenvalue weighted by atomic mass is 32.2. The first-order valence-electron chi connectivity index (χ1n) is 10.9. The highest BCUT2D eigenvalue weighted by Gasteiger charge is 2.28. The Bertz CT molecular complexity index is 1190. The second kappa shape index (κ2) is 9.28. The van der Waals surface area contributed by atoms with Gasteiger partial charge < -0.3 is 9.30 Å². The van der Waals surface area contributed by atoms with Gasteiger partial charge in [0.15, 0.2) is 15.6 Å². The van der Waals surface area contributed by atoms with Crippen LogP contribution in [-0.2, 0) is 28.6 Å². The molecule has 0 saturated carbocycles. The van der Waals surface area contributed by atoms with Gasteiger partial charge in [0.1, 0.15) is 11.9 Å². The molecule has 0 bridgehead atoms. The molecule has 3 aromatic rings. The molecule has 32 heavy (non-hydrogen) atoms. The van der Waals surface area contributed by atoms with Crippen molar-refractivity contribution in [3.8, 4) is 5.75 Å². The van der Waals surface area contributed by atoms with Crippen LogP contribution in [0.25, 0.3) is 0 Å². The number of rotatable bonds is 8. The largest absolute Gasteiger partial charge is 0.484 e. The molecule has 0 aliphatic heterocycles. The van der Waals surface area contributed by atoms with E-state index in [9.17, 15) is 13.2 Å². The maximum atomic E-state index is 12.9. The van der Waals surface area contributed by atoms with Crippen LogP contribution in [0.3, 0.4) is 0 Å². The van der Waals surface area contributed by atoms with E-state index in [2.05, 4.69) is 4.98 Å². The molecule has 1 heterocycles. The second-order valence-corrected chi connectivity index (χ2v) is 11.0. The van der Waals surface area contributed by atoms with Gasteiger partial charge in [0.05, 0.1) is 23.9 Å². The lowest BCUT2D eigenvalue weighted by Gasteiger charge is -2.26. The van der Waals surface area contributed by atoms with Gasteiger partial charge in [0, 0.05) is 29.9 Å². The van der Waals surface area contributed by atoms with Gasteiger partial charge in [-0.05, 0) is 49.9 Å². The number of Topliss-reactive ketones (excluding diaryl/α,β-unsaturated/α-hetero) is 1. The highest BCUT2D eigenvalue weighted by molar-refractivity contribution is 7.91. The van der Waals surface area contributed by atoms with E-state index in [0.717, 1.165) is 17.5 Å². The lowest BCUT2D eigenvalue weighted by atomic mass is 9.87. The average molecular weight is 453 g/mol. The average Bonchev–Trinajstić information content (AvgIpc) is 3.28. The summed E-state index contributed by atoms with van der Waals surface area (Å²) in [5, 5.41) is -0.513. The minimum Gasteiger partial charge on any atom is -0.484 e. The normalized spacial score (nSPS) is 14.9. The van der Waals surface area contributed by atoms with Crippen LogP contribution in [-0.4, -0.2) is 29.0 Å². The SMILES string of the molecule is CC(C)S(=O)(=O)Cc1c(OC(Cn2ccnc2)c2ccccc2)ccc2c1CCCC2=O. The molecule has 0 radical (unpaired) electrons. The summed E-state index contributed by atoms with van der Waals surface area (Å²) in [6.45, 7) is 3.89. The van der Waals surface area contributed by atoms with Gasteiger partial charge in [0.25, 0.3) is 0 Å². The number of sulfone groups is 1. The molecular formula is C25H28N2O4S. The third kappa shape index (κ3) is 4.78. The monoisotopic (exact) mass is 452 g/mol. The molecule has 7 heteroatoms. The Morgan fingerprint density at radius 3 is 2.56 bits per heavy atom. The fraction of sp³-hybridized carbons (Fsp3) is 0.360. The first-order chi connectivity index (χ1) is 15.3. The number of carbonyl (C=O) groups is 1. The van der Waals surface area contributed by atoms with Crippen LogP contribution in [0.1, 0.15) is 59.8 Å². The predicted molar refractivity (Wildman–Crippen MR) is 124 cm³/mol. The molecule has 1 aliphatic rings. The van der Waals surface area contributed by atoms with Crippen molar-refractivity contribution in [1.29, 1.82) is 0 Å². The molecule has 4 rings (SSSR count). The first kappa shape index (κ1) is 22.3. The fourth-order valence-corrected chi connectivity index (χ4v) is 5.09. The summed E-state index contributed by atoms with van der Waals surface area (Å²) >= 11 is 0. The molecule has 0 spiro atoms. The Kier molecular flexibility index (Phi) is 6.46. The minimum absolute atomic E-state index is 0.0685. The van der Waals surface area contributed by atoms with E-state index < -0.39 is 15.1 Å². The van der Waals surface area contributed by atoms with Crippen molar-refractivity contribution in [2.75, 3.05) is 0 Å². The number of nitrogens with zero attached hydrogens (tertiary/aromatic N) is 2. The Labute approximate surface area is 189 Å². The molecular weight excluding hydrogens is 424 g/mol. The molecule has 0 fully saturated rings. The van der Waals surface area contributed by atoms with E-state index in [1.807, 2.05) is 41.1 Å². The van der Waals surface area contributed by atoms with Gasteiger partial charge in [-0.2, -0.15) is 0 Å². The lowest BCUT2D eigenvalue weighted by molar-refractivity contribution is 0.0972. The van der Waals surface area contributed by atoms with E-state index in [-0.39, 0.29) is 17.6 Å². The highest BCUT2D eigenvalue weighted by Crippen LogP contribution is 2.36. The fourth-order valence-electron chi connectivity index (χ4n) is 4.03.